The van der Waals surface area contributed by atoms with E-state index in [2.05, 4.69) is 72.0 Å². The topological polar surface area (TPSA) is 39.7 Å². The Kier molecular flexibility index (Phi) is 8.30. The van der Waals surface area contributed by atoms with Gasteiger partial charge in [-0.05, 0) is 35.2 Å². The van der Waals surface area contributed by atoms with Gasteiger partial charge < -0.3 is 19.5 Å². The van der Waals surface area contributed by atoms with Crippen molar-refractivity contribution in [1.82, 2.24) is 5.32 Å². The largest absolute Gasteiger partial charge is 0.493 e. The van der Waals surface area contributed by atoms with Crippen LogP contribution in [0.5, 0.6) is 11.5 Å². The molecule has 158 valence electrons. The zero-order valence-electron chi connectivity index (χ0n) is 18.0. The summed E-state index contributed by atoms with van der Waals surface area (Å²) in [6.07, 6.45) is 0.928. The number of methoxy groups -OCH3 is 3. The van der Waals surface area contributed by atoms with Gasteiger partial charge in [0.2, 0.25) is 0 Å². The predicted octanol–water partition coefficient (Wildman–Crippen LogP) is 5.01. The van der Waals surface area contributed by atoms with Crippen LogP contribution in [0, 0.1) is 0 Å². The van der Waals surface area contributed by atoms with Crippen LogP contribution in [0.25, 0.3) is 0 Å². The maximum Gasteiger partial charge on any atom is 0.160 e. The number of rotatable bonds is 11. The fourth-order valence-electron chi connectivity index (χ4n) is 3.72. The highest BCUT2D eigenvalue weighted by molar-refractivity contribution is 5.44. The van der Waals surface area contributed by atoms with Crippen LogP contribution in [0.15, 0.2) is 78.9 Å². The lowest BCUT2D eigenvalue weighted by Crippen LogP contribution is -2.30. The molecule has 0 aliphatic rings. The number of ether oxygens (including phenoxy) is 3. The van der Waals surface area contributed by atoms with Crippen molar-refractivity contribution < 1.29 is 14.2 Å². The van der Waals surface area contributed by atoms with E-state index in [-0.39, 0.29) is 12.0 Å². The quantitative estimate of drug-likeness (QED) is 0.487. The predicted molar refractivity (Wildman–Crippen MR) is 121 cm³/mol. The fourth-order valence-corrected chi connectivity index (χ4v) is 3.72. The van der Waals surface area contributed by atoms with Crippen LogP contribution in [0.2, 0.25) is 0 Å². The third-order valence-corrected chi connectivity index (χ3v) is 5.35. The van der Waals surface area contributed by atoms with Gasteiger partial charge in [-0.3, -0.25) is 0 Å². The summed E-state index contributed by atoms with van der Waals surface area (Å²) in [7, 11) is 5.08. The van der Waals surface area contributed by atoms with Gasteiger partial charge in [0.05, 0.1) is 26.9 Å². The molecule has 0 aromatic heterocycles. The van der Waals surface area contributed by atoms with Crippen LogP contribution in [0.4, 0.5) is 0 Å². The maximum absolute atomic E-state index is 5.55. The molecule has 0 saturated carbocycles. The van der Waals surface area contributed by atoms with Gasteiger partial charge in [0.15, 0.2) is 11.5 Å². The zero-order valence-corrected chi connectivity index (χ0v) is 18.0. The van der Waals surface area contributed by atoms with E-state index in [1.807, 2.05) is 12.1 Å². The summed E-state index contributed by atoms with van der Waals surface area (Å²) in [4.78, 5) is 0. The SMILES string of the molecule is COC[C@H](NC[C@@H](Cc1ccccc1)c1ccc(OC)c(OC)c1)c1ccccc1. The van der Waals surface area contributed by atoms with Gasteiger partial charge in [-0.15, -0.1) is 0 Å². The molecule has 0 radical (unpaired) electrons. The van der Waals surface area contributed by atoms with Gasteiger partial charge in [0.25, 0.3) is 0 Å². The monoisotopic (exact) mass is 405 g/mol. The van der Waals surface area contributed by atoms with Crippen LogP contribution in [-0.4, -0.2) is 34.5 Å². The molecule has 0 spiro atoms. The van der Waals surface area contributed by atoms with Crippen molar-refractivity contribution in [3.8, 4) is 11.5 Å². The van der Waals surface area contributed by atoms with Crippen molar-refractivity contribution in [3.05, 3.63) is 95.6 Å². The third-order valence-electron chi connectivity index (χ3n) is 5.35. The summed E-state index contributed by atoms with van der Waals surface area (Å²) in [6, 6.07) is 27.4. The first kappa shape index (κ1) is 21.9. The molecule has 3 rings (SSSR count). The van der Waals surface area contributed by atoms with E-state index in [1.165, 1.54) is 16.7 Å². The molecule has 4 nitrogen and oxygen atoms in total. The van der Waals surface area contributed by atoms with Crippen molar-refractivity contribution in [1.29, 1.82) is 0 Å². The normalized spacial score (nSPS) is 12.9. The van der Waals surface area contributed by atoms with E-state index in [0.29, 0.717) is 6.61 Å². The molecule has 0 saturated heterocycles. The average molecular weight is 406 g/mol. The summed E-state index contributed by atoms with van der Waals surface area (Å²) in [5.74, 6) is 1.77. The molecule has 4 heteroatoms. The first-order valence-electron chi connectivity index (χ1n) is 10.3. The van der Waals surface area contributed by atoms with Crippen LogP contribution in [0.1, 0.15) is 28.7 Å². The van der Waals surface area contributed by atoms with E-state index >= 15 is 0 Å². The first-order valence-corrected chi connectivity index (χ1v) is 10.3. The molecule has 30 heavy (non-hydrogen) atoms. The van der Waals surface area contributed by atoms with Crippen LogP contribution in [0.3, 0.4) is 0 Å². The van der Waals surface area contributed by atoms with E-state index in [9.17, 15) is 0 Å². The molecule has 0 fully saturated rings. The number of nitrogens with one attached hydrogen (secondary N) is 1. The Morgan fingerprint density at radius 2 is 1.40 bits per heavy atom. The van der Waals surface area contributed by atoms with Crippen LogP contribution < -0.4 is 14.8 Å². The summed E-state index contributed by atoms with van der Waals surface area (Å²) < 4.78 is 16.4. The summed E-state index contributed by atoms with van der Waals surface area (Å²) in [5, 5.41) is 3.72. The minimum atomic E-state index is 0.134. The van der Waals surface area contributed by atoms with Crippen molar-refractivity contribution in [2.75, 3.05) is 34.5 Å². The zero-order chi connectivity index (χ0) is 21.2. The first-order chi connectivity index (χ1) is 14.7. The Bertz CT molecular complexity index is 883. The molecular weight excluding hydrogens is 374 g/mol. The molecule has 0 aliphatic heterocycles. The smallest absolute Gasteiger partial charge is 0.160 e. The van der Waals surface area contributed by atoms with Gasteiger partial charge in [-0.1, -0.05) is 66.7 Å². The van der Waals surface area contributed by atoms with Crippen molar-refractivity contribution in [3.63, 3.8) is 0 Å². The molecule has 0 bridgehead atoms. The van der Waals surface area contributed by atoms with Crippen LogP contribution >= 0.6 is 0 Å². The molecule has 2 atom stereocenters. The second-order valence-electron chi connectivity index (χ2n) is 7.33. The molecule has 0 heterocycles. The highest BCUT2D eigenvalue weighted by Gasteiger charge is 2.18. The second-order valence-corrected chi connectivity index (χ2v) is 7.33. The van der Waals surface area contributed by atoms with E-state index < -0.39 is 0 Å². The lowest BCUT2D eigenvalue weighted by atomic mass is 9.91. The van der Waals surface area contributed by atoms with Crippen molar-refractivity contribution in [2.45, 2.75) is 18.4 Å². The van der Waals surface area contributed by atoms with Crippen molar-refractivity contribution in [2.24, 2.45) is 0 Å². The van der Waals surface area contributed by atoms with Gasteiger partial charge in [0.1, 0.15) is 0 Å². The minimum absolute atomic E-state index is 0.134. The van der Waals surface area contributed by atoms with Gasteiger partial charge >= 0.3 is 0 Å². The fraction of sp³-hybridized carbons (Fsp3) is 0.308. The summed E-state index contributed by atoms with van der Waals surface area (Å²) >= 11 is 0. The standard InChI is InChI=1S/C26H31NO3/c1-28-19-24(21-12-8-5-9-13-21)27-18-23(16-20-10-6-4-7-11-20)22-14-15-25(29-2)26(17-22)30-3/h4-15,17,23-24,27H,16,18-19H2,1-3H3/t23-,24+/m1/s1. The van der Waals surface area contributed by atoms with Gasteiger partial charge in [-0.25, -0.2) is 0 Å². The Balaban J connectivity index is 1.84. The average Bonchev–Trinajstić information content (AvgIpc) is 2.81. The minimum Gasteiger partial charge on any atom is -0.493 e. The maximum atomic E-state index is 5.55. The summed E-state index contributed by atoms with van der Waals surface area (Å²) in [6.45, 7) is 1.43. The van der Waals surface area contributed by atoms with E-state index in [1.54, 1.807) is 21.3 Å². The lowest BCUT2D eigenvalue weighted by molar-refractivity contribution is 0.166. The summed E-state index contributed by atoms with van der Waals surface area (Å²) in [5.41, 5.74) is 3.75. The molecule has 0 unspecified atom stereocenters. The number of benzene rings is 3. The second kappa shape index (κ2) is 11.4. The number of hydrogen-bond acceptors (Lipinski definition) is 4. The Morgan fingerprint density at radius 1 is 0.733 bits per heavy atom. The molecule has 3 aromatic rings. The Hall–Kier alpha value is -2.82. The molecule has 0 amide bonds. The third kappa shape index (κ3) is 5.85. The van der Waals surface area contributed by atoms with Gasteiger partial charge in [0, 0.05) is 19.6 Å². The van der Waals surface area contributed by atoms with Crippen molar-refractivity contribution >= 4 is 0 Å². The highest BCUT2D eigenvalue weighted by Crippen LogP contribution is 2.32. The molecule has 3 aromatic carbocycles. The molecular formula is C26H31NO3. The number of hydrogen-bond donors (Lipinski definition) is 1. The molecule has 1 N–H and O–H groups in total. The molecule has 0 aliphatic carbocycles. The highest BCUT2D eigenvalue weighted by atomic mass is 16.5. The van der Waals surface area contributed by atoms with Crippen LogP contribution in [-0.2, 0) is 11.2 Å². The van der Waals surface area contributed by atoms with E-state index in [0.717, 1.165) is 24.5 Å². The van der Waals surface area contributed by atoms with Gasteiger partial charge in [-0.2, -0.15) is 0 Å². The Labute approximate surface area is 179 Å². The Morgan fingerprint density at radius 3 is 2.03 bits per heavy atom. The lowest BCUT2D eigenvalue weighted by Gasteiger charge is -2.24. The van der Waals surface area contributed by atoms with E-state index in [4.69, 9.17) is 14.2 Å².